The highest BCUT2D eigenvalue weighted by atomic mass is 16.4. The molecule has 0 fully saturated rings. The van der Waals surface area contributed by atoms with Crippen LogP contribution in [0.3, 0.4) is 0 Å². The van der Waals surface area contributed by atoms with E-state index in [-0.39, 0.29) is 12.4 Å². The summed E-state index contributed by atoms with van der Waals surface area (Å²) in [6.45, 7) is 0.523. The Balaban J connectivity index is 2.50. The van der Waals surface area contributed by atoms with Gasteiger partial charge in [-0.2, -0.15) is 0 Å². The van der Waals surface area contributed by atoms with E-state index < -0.39 is 24.0 Å². The van der Waals surface area contributed by atoms with Gasteiger partial charge in [-0.3, -0.25) is 21.3 Å². The van der Waals surface area contributed by atoms with Crippen LogP contribution in [-0.2, 0) is 16.0 Å². The molecule has 1 aromatic carbocycles. The molecule has 2 atom stereocenters. The maximum atomic E-state index is 12.0. The van der Waals surface area contributed by atoms with Gasteiger partial charge in [0.2, 0.25) is 0 Å². The number of nitrogens with one attached hydrogen (secondary N) is 2. The van der Waals surface area contributed by atoms with Crippen LogP contribution in [0.25, 0.3) is 0 Å². The highest BCUT2D eigenvalue weighted by Crippen LogP contribution is 2.03. The van der Waals surface area contributed by atoms with Gasteiger partial charge in [0.25, 0.3) is 5.91 Å². The number of quaternary nitrogens is 1. The highest BCUT2D eigenvalue weighted by molar-refractivity contribution is 5.85. The topological polar surface area (TPSA) is 163 Å². The number of carboxylic acids is 1. The van der Waals surface area contributed by atoms with E-state index in [1.54, 1.807) is 24.3 Å². The SMILES string of the molecule is NC(N)=[NH+]CCCC([NH3+])C(=O)NC(Cc1ccccc1)C(=O)[O-]. The van der Waals surface area contributed by atoms with Crippen molar-refractivity contribution in [1.29, 1.82) is 0 Å². The Labute approximate surface area is 134 Å². The van der Waals surface area contributed by atoms with E-state index in [0.717, 1.165) is 5.56 Å². The normalized spacial score (nSPS) is 12.9. The highest BCUT2D eigenvalue weighted by Gasteiger charge is 2.21. The number of benzene rings is 1. The van der Waals surface area contributed by atoms with Crippen LogP contribution in [0.2, 0.25) is 0 Å². The second kappa shape index (κ2) is 9.42. The predicted molar refractivity (Wildman–Crippen MR) is 82.2 cm³/mol. The monoisotopic (exact) mass is 322 g/mol. The molecule has 0 bridgehead atoms. The standard InChI is InChI=1S/C15H23N5O3/c16-11(7-4-8-19-15(17)18)13(21)20-12(14(22)23)9-10-5-2-1-3-6-10/h1-3,5-6,11-12H,4,7-9,16H2,(H,20,21)(H,22,23)(H4,17,18,19)/p+1. The van der Waals surface area contributed by atoms with Crippen molar-refractivity contribution in [2.45, 2.75) is 31.3 Å². The Morgan fingerprint density at radius 3 is 2.48 bits per heavy atom. The fourth-order valence-electron chi connectivity index (χ4n) is 2.04. The van der Waals surface area contributed by atoms with E-state index in [1.165, 1.54) is 0 Å². The zero-order valence-corrected chi connectivity index (χ0v) is 13.0. The van der Waals surface area contributed by atoms with Gasteiger partial charge in [0.1, 0.15) is 0 Å². The molecule has 2 unspecified atom stereocenters. The first-order valence-corrected chi connectivity index (χ1v) is 7.40. The third kappa shape index (κ3) is 7.28. The lowest BCUT2D eigenvalue weighted by Gasteiger charge is -2.21. The molecule has 23 heavy (non-hydrogen) atoms. The van der Waals surface area contributed by atoms with Crippen LogP contribution in [0.15, 0.2) is 30.3 Å². The van der Waals surface area contributed by atoms with Gasteiger partial charge in [-0.15, -0.1) is 0 Å². The zero-order valence-electron chi connectivity index (χ0n) is 13.0. The number of nitrogens with two attached hydrogens (primary N) is 2. The van der Waals surface area contributed by atoms with Crippen molar-refractivity contribution in [3.05, 3.63) is 35.9 Å². The smallest absolute Gasteiger partial charge is 0.338 e. The van der Waals surface area contributed by atoms with Crippen molar-refractivity contribution in [3.63, 3.8) is 0 Å². The average molecular weight is 322 g/mol. The first kappa shape index (κ1) is 18.4. The Hall–Kier alpha value is -2.61. The van der Waals surface area contributed by atoms with E-state index in [2.05, 4.69) is 16.0 Å². The fourth-order valence-corrected chi connectivity index (χ4v) is 2.04. The molecule has 0 heterocycles. The van der Waals surface area contributed by atoms with E-state index in [1.807, 2.05) is 6.07 Å². The van der Waals surface area contributed by atoms with Gasteiger partial charge in [0.05, 0.1) is 18.6 Å². The fraction of sp³-hybridized carbons (Fsp3) is 0.400. The quantitative estimate of drug-likeness (QED) is 0.175. The Bertz CT molecular complexity index is 543. The minimum atomic E-state index is -1.32. The van der Waals surface area contributed by atoms with Crippen LogP contribution >= 0.6 is 0 Å². The van der Waals surface area contributed by atoms with Gasteiger partial charge in [-0.1, -0.05) is 30.3 Å². The predicted octanol–water partition coefficient (Wildman–Crippen LogP) is -4.79. The number of carboxylic acid groups (broad SMARTS) is 1. The van der Waals surface area contributed by atoms with Crippen molar-refractivity contribution in [1.82, 2.24) is 5.32 Å². The number of carbonyl (C=O) groups is 2. The molecule has 0 saturated carbocycles. The molecule has 0 aliphatic heterocycles. The summed E-state index contributed by atoms with van der Waals surface area (Å²) in [7, 11) is 0. The van der Waals surface area contributed by atoms with E-state index >= 15 is 0 Å². The molecule has 9 N–H and O–H groups in total. The molecule has 0 aliphatic rings. The molecule has 0 aliphatic carbocycles. The van der Waals surface area contributed by atoms with Crippen LogP contribution in [0.1, 0.15) is 18.4 Å². The summed E-state index contributed by atoms with van der Waals surface area (Å²) in [5, 5.41) is 13.7. The number of aliphatic carboxylic acids is 1. The molecule has 0 spiro atoms. The Morgan fingerprint density at radius 2 is 1.91 bits per heavy atom. The van der Waals surface area contributed by atoms with Crippen molar-refractivity contribution >= 4 is 17.8 Å². The van der Waals surface area contributed by atoms with Crippen molar-refractivity contribution in [2.75, 3.05) is 6.54 Å². The third-order valence-corrected chi connectivity index (χ3v) is 3.31. The van der Waals surface area contributed by atoms with E-state index in [9.17, 15) is 14.7 Å². The van der Waals surface area contributed by atoms with Gasteiger partial charge in [0.15, 0.2) is 6.04 Å². The summed E-state index contributed by atoms with van der Waals surface area (Å²) in [5.41, 5.74) is 15.1. The minimum Gasteiger partial charge on any atom is -0.548 e. The van der Waals surface area contributed by atoms with Crippen LogP contribution in [-0.4, -0.2) is 36.5 Å². The average Bonchev–Trinajstić information content (AvgIpc) is 2.51. The molecule has 0 saturated heterocycles. The van der Waals surface area contributed by atoms with E-state index in [0.29, 0.717) is 19.4 Å². The van der Waals surface area contributed by atoms with Crippen LogP contribution < -0.4 is 32.6 Å². The molecular formula is C15H24N5O3+. The molecule has 1 amide bonds. The number of rotatable bonds is 9. The van der Waals surface area contributed by atoms with Crippen molar-refractivity contribution in [2.24, 2.45) is 11.5 Å². The van der Waals surface area contributed by atoms with Gasteiger partial charge >= 0.3 is 5.96 Å². The summed E-state index contributed by atoms with van der Waals surface area (Å²) in [6.07, 6.45) is 1.28. The molecule has 8 heteroatoms. The van der Waals surface area contributed by atoms with Gasteiger partial charge in [-0.25, -0.2) is 0 Å². The minimum absolute atomic E-state index is 0.120. The molecule has 8 nitrogen and oxygen atoms in total. The number of hydrogen-bond acceptors (Lipinski definition) is 3. The van der Waals surface area contributed by atoms with Crippen LogP contribution in [0, 0.1) is 0 Å². The second-order valence-corrected chi connectivity index (χ2v) is 5.29. The van der Waals surface area contributed by atoms with Gasteiger partial charge in [0, 0.05) is 6.42 Å². The van der Waals surface area contributed by atoms with Crippen LogP contribution in [0.4, 0.5) is 0 Å². The number of hydrogen-bond donors (Lipinski definition) is 5. The molecule has 126 valence electrons. The summed E-state index contributed by atoms with van der Waals surface area (Å²) >= 11 is 0. The zero-order chi connectivity index (χ0) is 17.2. The lowest BCUT2D eigenvalue weighted by Crippen LogP contribution is -2.78. The number of amides is 1. The maximum absolute atomic E-state index is 12.0. The Morgan fingerprint density at radius 1 is 1.26 bits per heavy atom. The Kier molecular flexibility index (Phi) is 7.55. The largest absolute Gasteiger partial charge is 0.548 e. The maximum Gasteiger partial charge on any atom is 0.338 e. The molecular weight excluding hydrogens is 298 g/mol. The summed E-state index contributed by atoms with van der Waals surface area (Å²) in [4.78, 5) is 26.0. The number of carbonyl (C=O) groups excluding carboxylic acids is 2. The summed E-state index contributed by atoms with van der Waals surface area (Å²) in [5.74, 6) is -1.61. The lowest BCUT2D eigenvalue weighted by atomic mass is 10.0. The molecule has 0 radical (unpaired) electrons. The molecule has 0 aromatic heterocycles. The summed E-state index contributed by atoms with van der Waals surface area (Å²) < 4.78 is 0. The summed E-state index contributed by atoms with van der Waals surface area (Å²) in [6, 6.07) is 7.39. The van der Waals surface area contributed by atoms with Crippen LogP contribution in [0.5, 0.6) is 0 Å². The van der Waals surface area contributed by atoms with Crippen molar-refractivity contribution < 1.29 is 25.4 Å². The van der Waals surface area contributed by atoms with Crippen molar-refractivity contribution in [3.8, 4) is 0 Å². The second-order valence-electron chi connectivity index (χ2n) is 5.29. The molecule has 1 aromatic rings. The van der Waals surface area contributed by atoms with Gasteiger partial charge < -0.3 is 21.0 Å². The van der Waals surface area contributed by atoms with E-state index in [4.69, 9.17) is 11.5 Å². The first-order valence-electron chi connectivity index (χ1n) is 7.40. The molecule has 1 rings (SSSR count). The lowest BCUT2D eigenvalue weighted by molar-refractivity contribution is -0.463. The first-order chi connectivity index (χ1) is 10.9. The van der Waals surface area contributed by atoms with Gasteiger partial charge in [-0.05, 0) is 18.4 Å². The number of guanidine groups is 1. The third-order valence-electron chi connectivity index (χ3n) is 3.31.